The van der Waals surface area contributed by atoms with Gasteiger partial charge in [-0.25, -0.2) is 8.78 Å². The standard InChI is InChI=1S/C14H21F2N/c1-3-17-9-8-11(2)4-5-12-10-13(15)6-7-14(12)16/h6-7,10-11,17H,3-5,8-9H2,1-2H3. The number of nitrogens with one attached hydrogen (secondary N) is 1. The lowest BCUT2D eigenvalue weighted by molar-refractivity contribution is 0.468. The molecule has 1 atom stereocenters. The predicted octanol–water partition coefficient (Wildman–Crippen LogP) is 3.53. The van der Waals surface area contributed by atoms with Crippen LogP contribution in [-0.4, -0.2) is 13.1 Å². The van der Waals surface area contributed by atoms with Gasteiger partial charge < -0.3 is 5.32 Å². The van der Waals surface area contributed by atoms with E-state index in [1.807, 2.05) is 0 Å². The zero-order valence-corrected chi connectivity index (χ0v) is 10.6. The van der Waals surface area contributed by atoms with Crippen molar-refractivity contribution >= 4 is 0 Å². The van der Waals surface area contributed by atoms with Crippen LogP contribution >= 0.6 is 0 Å². The molecule has 1 unspecified atom stereocenters. The Labute approximate surface area is 102 Å². The van der Waals surface area contributed by atoms with Crippen LogP contribution in [0.2, 0.25) is 0 Å². The zero-order valence-electron chi connectivity index (χ0n) is 10.6. The van der Waals surface area contributed by atoms with Crippen molar-refractivity contribution in [3.63, 3.8) is 0 Å². The molecule has 0 saturated heterocycles. The summed E-state index contributed by atoms with van der Waals surface area (Å²) in [6, 6.07) is 3.66. The number of halogens is 2. The van der Waals surface area contributed by atoms with Crippen LogP contribution in [-0.2, 0) is 6.42 Å². The molecule has 0 heterocycles. The molecule has 1 N–H and O–H groups in total. The number of benzene rings is 1. The average molecular weight is 241 g/mol. The number of hydrogen-bond acceptors (Lipinski definition) is 1. The highest BCUT2D eigenvalue weighted by atomic mass is 19.1. The Morgan fingerprint density at radius 2 is 2.00 bits per heavy atom. The normalized spacial score (nSPS) is 12.7. The molecule has 0 aliphatic heterocycles. The van der Waals surface area contributed by atoms with Crippen LogP contribution in [0, 0.1) is 17.6 Å². The minimum absolute atomic E-state index is 0.301. The molecule has 0 aromatic heterocycles. The van der Waals surface area contributed by atoms with Crippen molar-refractivity contribution in [2.24, 2.45) is 5.92 Å². The van der Waals surface area contributed by atoms with Gasteiger partial charge >= 0.3 is 0 Å². The Morgan fingerprint density at radius 1 is 1.24 bits per heavy atom. The SMILES string of the molecule is CCNCCC(C)CCc1cc(F)ccc1F. The van der Waals surface area contributed by atoms with E-state index in [-0.39, 0.29) is 11.6 Å². The monoisotopic (exact) mass is 241 g/mol. The molecule has 1 aromatic carbocycles. The first kappa shape index (κ1) is 14.1. The Hall–Kier alpha value is -0.960. The Kier molecular flexibility index (Phi) is 6.12. The lowest BCUT2D eigenvalue weighted by Crippen LogP contribution is -2.16. The van der Waals surface area contributed by atoms with E-state index in [1.165, 1.54) is 12.1 Å². The molecule has 1 rings (SSSR count). The predicted molar refractivity (Wildman–Crippen MR) is 67.0 cm³/mol. The maximum absolute atomic E-state index is 13.3. The fourth-order valence-electron chi connectivity index (χ4n) is 1.81. The van der Waals surface area contributed by atoms with E-state index in [0.717, 1.165) is 32.0 Å². The van der Waals surface area contributed by atoms with E-state index in [0.29, 0.717) is 17.9 Å². The molecular weight excluding hydrogens is 220 g/mol. The summed E-state index contributed by atoms with van der Waals surface area (Å²) >= 11 is 0. The first-order chi connectivity index (χ1) is 8.13. The molecule has 3 heteroatoms. The summed E-state index contributed by atoms with van der Waals surface area (Å²) in [4.78, 5) is 0. The van der Waals surface area contributed by atoms with Gasteiger partial charge in [-0.15, -0.1) is 0 Å². The smallest absolute Gasteiger partial charge is 0.126 e. The van der Waals surface area contributed by atoms with E-state index in [1.54, 1.807) is 0 Å². The van der Waals surface area contributed by atoms with Crippen LogP contribution in [0.3, 0.4) is 0 Å². The summed E-state index contributed by atoms with van der Waals surface area (Å²) in [7, 11) is 0. The van der Waals surface area contributed by atoms with E-state index in [9.17, 15) is 8.78 Å². The van der Waals surface area contributed by atoms with Gasteiger partial charge in [-0.2, -0.15) is 0 Å². The van der Waals surface area contributed by atoms with Gasteiger partial charge in [0.25, 0.3) is 0 Å². The molecule has 0 fully saturated rings. The van der Waals surface area contributed by atoms with Gasteiger partial charge in [0, 0.05) is 0 Å². The van der Waals surface area contributed by atoms with Crippen molar-refractivity contribution in [1.29, 1.82) is 0 Å². The molecular formula is C14H21F2N. The van der Waals surface area contributed by atoms with Gasteiger partial charge in [0.1, 0.15) is 11.6 Å². The molecule has 0 amide bonds. The Bertz CT molecular complexity index is 339. The third-order valence-electron chi connectivity index (χ3n) is 2.98. The third kappa shape index (κ3) is 5.26. The Morgan fingerprint density at radius 3 is 2.71 bits per heavy atom. The molecule has 1 aromatic rings. The van der Waals surface area contributed by atoms with Crippen molar-refractivity contribution in [2.45, 2.75) is 33.1 Å². The largest absolute Gasteiger partial charge is 0.317 e. The van der Waals surface area contributed by atoms with Gasteiger partial charge in [-0.05, 0) is 62.0 Å². The van der Waals surface area contributed by atoms with Crippen LogP contribution in [0.1, 0.15) is 32.3 Å². The fourth-order valence-corrected chi connectivity index (χ4v) is 1.81. The molecule has 0 aliphatic carbocycles. The minimum Gasteiger partial charge on any atom is -0.317 e. The van der Waals surface area contributed by atoms with E-state index < -0.39 is 0 Å². The van der Waals surface area contributed by atoms with Gasteiger partial charge in [-0.3, -0.25) is 0 Å². The molecule has 0 radical (unpaired) electrons. The summed E-state index contributed by atoms with van der Waals surface area (Å²) < 4.78 is 26.3. The highest BCUT2D eigenvalue weighted by molar-refractivity contribution is 5.18. The molecule has 17 heavy (non-hydrogen) atoms. The summed E-state index contributed by atoms with van der Waals surface area (Å²) in [5, 5.41) is 3.26. The van der Waals surface area contributed by atoms with Crippen molar-refractivity contribution in [1.82, 2.24) is 5.32 Å². The number of hydrogen-bond donors (Lipinski definition) is 1. The lowest BCUT2D eigenvalue weighted by atomic mass is 9.98. The molecule has 0 aliphatic rings. The Balaban J connectivity index is 2.36. The second-order valence-corrected chi connectivity index (χ2v) is 4.52. The van der Waals surface area contributed by atoms with Crippen LogP contribution < -0.4 is 5.32 Å². The van der Waals surface area contributed by atoms with Gasteiger partial charge in [0.2, 0.25) is 0 Å². The number of aryl methyl sites for hydroxylation is 1. The van der Waals surface area contributed by atoms with Crippen molar-refractivity contribution in [3.05, 3.63) is 35.4 Å². The van der Waals surface area contributed by atoms with E-state index >= 15 is 0 Å². The van der Waals surface area contributed by atoms with Crippen molar-refractivity contribution in [2.75, 3.05) is 13.1 Å². The summed E-state index contributed by atoms with van der Waals surface area (Å²) in [6.45, 7) is 6.19. The highest BCUT2D eigenvalue weighted by Gasteiger charge is 2.07. The maximum atomic E-state index is 13.3. The maximum Gasteiger partial charge on any atom is 0.126 e. The summed E-state index contributed by atoms with van der Waals surface area (Å²) in [6.07, 6.45) is 2.58. The van der Waals surface area contributed by atoms with Gasteiger partial charge in [0.15, 0.2) is 0 Å². The van der Waals surface area contributed by atoms with Gasteiger partial charge in [0.05, 0.1) is 0 Å². The fraction of sp³-hybridized carbons (Fsp3) is 0.571. The van der Waals surface area contributed by atoms with E-state index in [4.69, 9.17) is 0 Å². The first-order valence-corrected chi connectivity index (χ1v) is 6.28. The third-order valence-corrected chi connectivity index (χ3v) is 2.98. The topological polar surface area (TPSA) is 12.0 Å². The van der Waals surface area contributed by atoms with Gasteiger partial charge in [-0.1, -0.05) is 13.8 Å². The van der Waals surface area contributed by atoms with Crippen LogP contribution in [0.4, 0.5) is 8.78 Å². The minimum atomic E-state index is -0.360. The van der Waals surface area contributed by atoms with Crippen LogP contribution in [0.5, 0.6) is 0 Å². The second-order valence-electron chi connectivity index (χ2n) is 4.52. The van der Waals surface area contributed by atoms with Crippen molar-refractivity contribution < 1.29 is 8.78 Å². The quantitative estimate of drug-likeness (QED) is 0.720. The molecule has 0 bridgehead atoms. The summed E-state index contributed by atoms with van der Waals surface area (Å²) in [5.74, 6) is -0.135. The molecule has 0 saturated carbocycles. The summed E-state index contributed by atoms with van der Waals surface area (Å²) in [5.41, 5.74) is 0.486. The van der Waals surface area contributed by atoms with Crippen LogP contribution in [0.25, 0.3) is 0 Å². The molecule has 1 nitrogen and oxygen atoms in total. The first-order valence-electron chi connectivity index (χ1n) is 6.28. The number of rotatable bonds is 7. The van der Waals surface area contributed by atoms with E-state index in [2.05, 4.69) is 19.2 Å². The second kappa shape index (κ2) is 7.38. The lowest BCUT2D eigenvalue weighted by Gasteiger charge is -2.11. The average Bonchev–Trinajstić information content (AvgIpc) is 2.31. The molecule has 0 spiro atoms. The van der Waals surface area contributed by atoms with Crippen molar-refractivity contribution in [3.8, 4) is 0 Å². The highest BCUT2D eigenvalue weighted by Crippen LogP contribution is 2.16. The van der Waals surface area contributed by atoms with Crippen LogP contribution in [0.15, 0.2) is 18.2 Å². The molecule has 96 valence electrons. The zero-order chi connectivity index (χ0) is 12.7.